The number of carboxylic acids is 1. The number of rotatable bonds is 6. The first-order chi connectivity index (χ1) is 14.9. The Labute approximate surface area is 190 Å². The summed E-state index contributed by atoms with van der Waals surface area (Å²) >= 11 is 3.45. The van der Waals surface area contributed by atoms with Crippen molar-refractivity contribution in [3.63, 3.8) is 0 Å². The second kappa shape index (κ2) is 9.01. The lowest BCUT2D eigenvalue weighted by molar-refractivity contribution is -0.150. The highest BCUT2D eigenvalue weighted by Gasteiger charge is 2.58. The van der Waals surface area contributed by atoms with Crippen LogP contribution in [0.4, 0.5) is 4.79 Å². The van der Waals surface area contributed by atoms with Crippen LogP contribution < -0.4 is 0 Å². The molecule has 1 saturated heterocycles. The Morgan fingerprint density at radius 3 is 2.35 bits per heavy atom. The number of aliphatic carboxylic acids is 1. The zero-order chi connectivity index (χ0) is 21.9. The van der Waals surface area contributed by atoms with Gasteiger partial charge in [-0.15, -0.1) is 0 Å². The maximum atomic E-state index is 13.2. The summed E-state index contributed by atoms with van der Waals surface area (Å²) in [6, 6.07) is 17.3. The van der Waals surface area contributed by atoms with Crippen LogP contribution in [0.2, 0.25) is 0 Å². The van der Waals surface area contributed by atoms with E-state index < -0.39 is 18.2 Å². The maximum Gasteiger partial charge on any atom is 0.410 e. The van der Waals surface area contributed by atoms with E-state index >= 15 is 0 Å². The topological polar surface area (TPSA) is 76.1 Å². The lowest BCUT2D eigenvalue weighted by Gasteiger charge is -2.33. The van der Waals surface area contributed by atoms with Crippen LogP contribution in [-0.2, 0) is 26.5 Å². The van der Waals surface area contributed by atoms with Gasteiger partial charge < -0.3 is 14.6 Å². The normalized spacial score (nSPS) is 22.0. The Hall–Kier alpha value is -2.38. The molecule has 1 N–H and O–H groups in total. The molecule has 0 radical (unpaired) electrons. The van der Waals surface area contributed by atoms with Crippen LogP contribution in [0.15, 0.2) is 59.1 Å². The third kappa shape index (κ3) is 4.62. The van der Waals surface area contributed by atoms with Crippen LogP contribution in [0.1, 0.15) is 43.2 Å². The number of carbonyl (C=O) groups excluding carboxylic acids is 1. The molecule has 1 spiro atoms. The zero-order valence-electron chi connectivity index (χ0n) is 17.3. The van der Waals surface area contributed by atoms with Crippen molar-refractivity contribution in [1.29, 1.82) is 0 Å². The molecule has 1 heterocycles. The Kier molecular flexibility index (Phi) is 6.34. The number of benzene rings is 2. The molecule has 1 saturated carbocycles. The number of hydrogen-bond donors (Lipinski definition) is 1. The third-order valence-electron chi connectivity index (χ3n) is 6.40. The van der Waals surface area contributed by atoms with Gasteiger partial charge in [-0.25, -0.2) is 9.59 Å². The number of hydrogen-bond acceptors (Lipinski definition) is 4. The van der Waals surface area contributed by atoms with Crippen LogP contribution >= 0.6 is 15.9 Å². The lowest BCUT2D eigenvalue weighted by atomic mass is 9.84. The van der Waals surface area contributed by atoms with Crippen molar-refractivity contribution in [1.82, 2.24) is 4.90 Å². The number of nitrogens with zero attached hydrogens (tertiary/aromatic N) is 1. The minimum atomic E-state index is -1.03. The lowest BCUT2D eigenvalue weighted by Crippen LogP contribution is -2.45. The summed E-state index contributed by atoms with van der Waals surface area (Å²) in [5.41, 5.74) is 0.549. The Balaban J connectivity index is 1.62. The summed E-state index contributed by atoms with van der Waals surface area (Å²) in [6.07, 6.45) is 3.97. The highest BCUT2D eigenvalue weighted by Crippen LogP contribution is 2.52. The van der Waals surface area contributed by atoms with E-state index in [0.717, 1.165) is 41.3 Å². The van der Waals surface area contributed by atoms with Crippen LogP contribution in [0.3, 0.4) is 0 Å². The average molecular weight is 488 g/mol. The molecule has 164 valence electrons. The maximum absolute atomic E-state index is 13.2. The van der Waals surface area contributed by atoms with Crippen LogP contribution in [0.5, 0.6) is 0 Å². The van der Waals surface area contributed by atoms with E-state index in [9.17, 15) is 14.7 Å². The predicted octanol–water partition coefficient (Wildman–Crippen LogP) is 5.10. The van der Waals surface area contributed by atoms with Gasteiger partial charge in [0, 0.05) is 16.4 Å². The summed E-state index contributed by atoms with van der Waals surface area (Å²) in [5.74, 6) is -1.03. The number of carbonyl (C=O) groups is 2. The van der Waals surface area contributed by atoms with E-state index in [1.807, 2.05) is 54.6 Å². The minimum absolute atomic E-state index is 0.202. The van der Waals surface area contributed by atoms with E-state index in [-0.39, 0.29) is 24.8 Å². The zero-order valence-corrected chi connectivity index (χ0v) is 18.8. The van der Waals surface area contributed by atoms with Crippen LogP contribution in [0.25, 0.3) is 0 Å². The highest BCUT2D eigenvalue weighted by molar-refractivity contribution is 9.10. The quantitative estimate of drug-likeness (QED) is 0.613. The van der Waals surface area contributed by atoms with Gasteiger partial charge in [-0.3, -0.25) is 4.90 Å². The Morgan fingerprint density at radius 1 is 1.03 bits per heavy atom. The minimum Gasteiger partial charge on any atom is -0.480 e. The van der Waals surface area contributed by atoms with Gasteiger partial charge in [-0.2, -0.15) is 0 Å². The van der Waals surface area contributed by atoms with E-state index in [2.05, 4.69) is 15.9 Å². The van der Waals surface area contributed by atoms with Gasteiger partial charge in [0.15, 0.2) is 0 Å². The molecule has 1 aliphatic carbocycles. The monoisotopic (exact) mass is 487 g/mol. The smallest absolute Gasteiger partial charge is 0.410 e. The van der Waals surface area contributed by atoms with Crippen molar-refractivity contribution < 1.29 is 24.2 Å². The number of halogens is 1. The van der Waals surface area contributed by atoms with Gasteiger partial charge in [0.05, 0.1) is 6.54 Å². The van der Waals surface area contributed by atoms with E-state index in [1.54, 1.807) is 4.90 Å². The molecule has 1 atom stereocenters. The van der Waals surface area contributed by atoms with E-state index in [4.69, 9.17) is 9.47 Å². The molecular formula is C24H26BrNO5. The molecule has 7 heteroatoms. The van der Waals surface area contributed by atoms with Crippen molar-refractivity contribution in [2.75, 3.05) is 13.2 Å². The molecule has 2 fully saturated rings. The standard InChI is InChI=1S/C24H26BrNO5/c25-20-10-8-19(9-11-20)24(31-15-21(27)28)16-23(12-4-5-13-23)26(17-24)22(29)30-14-18-6-2-1-3-7-18/h1-3,6-11H,4-5,12-17H2,(H,27,28). The summed E-state index contributed by atoms with van der Waals surface area (Å²) in [5, 5.41) is 9.28. The van der Waals surface area contributed by atoms with Gasteiger partial charge >= 0.3 is 12.1 Å². The fourth-order valence-electron chi connectivity index (χ4n) is 4.97. The number of carboxylic acid groups (broad SMARTS) is 1. The Bertz CT molecular complexity index is 927. The first kappa shape index (κ1) is 21.8. The van der Waals surface area contributed by atoms with Crippen molar-refractivity contribution in [3.05, 3.63) is 70.2 Å². The van der Waals surface area contributed by atoms with Gasteiger partial charge in [0.1, 0.15) is 18.8 Å². The molecule has 1 unspecified atom stereocenters. The van der Waals surface area contributed by atoms with E-state index in [0.29, 0.717) is 6.42 Å². The SMILES string of the molecule is O=C(O)COC1(c2ccc(Br)cc2)CN(C(=O)OCc2ccccc2)C2(CCCC2)C1. The number of ether oxygens (including phenoxy) is 2. The molecular weight excluding hydrogens is 462 g/mol. The number of amides is 1. The first-order valence-corrected chi connectivity index (χ1v) is 11.3. The molecule has 31 heavy (non-hydrogen) atoms. The van der Waals surface area contributed by atoms with Crippen molar-refractivity contribution >= 4 is 28.0 Å². The highest BCUT2D eigenvalue weighted by atomic mass is 79.9. The molecule has 1 amide bonds. The Morgan fingerprint density at radius 2 is 1.71 bits per heavy atom. The molecule has 0 aromatic heterocycles. The van der Waals surface area contributed by atoms with Gasteiger partial charge in [-0.1, -0.05) is 71.2 Å². The molecule has 2 aromatic rings. The van der Waals surface area contributed by atoms with Gasteiger partial charge in [0.25, 0.3) is 0 Å². The summed E-state index contributed by atoms with van der Waals surface area (Å²) < 4.78 is 12.7. The molecule has 0 bridgehead atoms. The fourth-order valence-corrected chi connectivity index (χ4v) is 5.23. The van der Waals surface area contributed by atoms with E-state index in [1.165, 1.54) is 0 Å². The van der Waals surface area contributed by atoms with Crippen molar-refractivity contribution in [3.8, 4) is 0 Å². The van der Waals surface area contributed by atoms with Gasteiger partial charge in [-0.05, 0) is 36.1 Å². The first-order valence-electron chi connectivity index (χ1n) is 10.5. The van der Waals surface area contributed by atoms with Crippen LogP contribution in [0, 0.1) is 0 Å². The van der Waals surface area contributed by atoms with Crippen molar-refractivity contribution in [2.45, 2.75) is 49.9 Å². The second-order valence-electron chi connectivity index (χ2n) is 8.42. The summed E-state index contributed by atoms with van der Waals surface area (Å²) in [4.78, 5) is 26.3. The third-order valence-corrected chi connectivity index (χ3v) is 6.93. The average Bonchev–Trinajstić information content (AvgIpc) is 3.37. The molecule has 1 aliphatic heterocycles. The second-order valence-corrected chi connectivity index (χ2v) is 9.33. The molecule has 4 rings (SSSR count). The predicted molar refractivity (Wildman–Crippen MR) is 119 cm³/mol. The van der Waals surface area contributed by atoms with Gasteiger partial charge in [0.2, 0.25) is 0 Å². The number of likely N-dealkylation sites (tertiary alicyclic amines) is 1. The fraction of sp³-hybridized carbons (Fsp3) is 0.417. The molecule has 2 aliphatic rings. The van der Waals surface area contributed by atoms with Crippen molar-refractivity contribution in [2.24, 2.45) is 0 Å². The molecule has 6 nitrogen and oxygen atoms in total. The van der Waals surface area contributed by atoms with Crippen LogP contribution in [-0.4, -0.2) is 40.8 Å². The summed E-state index contributed by atoms with van der Waals surface area (Å²) in [6.45, 7) is 0.0576. The molecule has 2 aromatic carbocycles. The largest absolute Gasteiger partial charge is 0.480 e. The summed E-state index contributed by atoms with van der Waals surface area (Å²) in [7, 11) is 0.